The van der Waals surface area contributed by atoms with Gasteiger partial charge in [0.2, 0.25) is 0 Å². The van der Waals surface area contributed by atoms with E-state index in [0.29, 0.717) is 5.13 Å². The zero-order valence-corrected chi connectivity index (χ0v) is 14.8. The van der Waals surface area contributed by atoms with E-state index in [1.165, 1.54) is 11.3 Å². The molecule has 26 heavy (non-hydrogen) atoms. The van der Waals surface area contributed by atoms with Crippen LogP contribution in [0.1, 0.15) is 11.1 Å². The molecule has 2 aromatic carbocycles. The number of nitrogens with two attached hydrogens (primary N) is 1. The molecular weight excluding hydrogens is 346 g/mol. The summed E-state index contributed by atoms with van der Waals surface area (Å²) >= 11 is 1.41. The van der Waals surface area contributed by atoms with Crippen molar-refractivity contribution in [1.82, 2.24) is 10.3 Å². The number of ether oxygens (including phenoxy) is 1. The fourth-order valence-electron chi connectivity index (χ4n) is 2.18. The van der Waals surface area contributed by atoms with E-state index in [1.807, 2.05) is 60.0 Å². The van der Waals surface area contributed by atoms with Gasteiger partial charge in [-0.25, -0.2) is 9.78 Å². The number of benzene rings is 2. The van der Waals surface area contributed by atoms with Gasteiger partial charge in [0, 0.05) is 16.5 Å². The standard InChI is InChI=1S/C20H17N3O2S/c21-19-23-18(14-26-19)17-10-8-15(9-11-17)7-4-12-22-20(24)25-13-16-5-2-1-3-6-16/h1-3,5-6,8-11,14H,12-13H2,(H2,21,23)(H,22,24). The van der Waals surface area contributed by atoms with E-state index in [-0.39, 0.29) is 13.2 Å². The molecule has 3 rings (SSSR count). The maximum Gasteiger partial charge on any atom is 0.408 e. The third-order valence-corrected chi connectivity index (χ3v) is 4.14. The molecule has 0 saturated heterocycles. The van der Waals surface area contributed by atoms with Gasteiger partial charge in [-0.2, -0.15) is 0 Å². The van der Waals surface area contributed by atoms with Crippen LogP contribution in [0.3, 0.4) is 0 Å². The minimum atomic E-state index is -0.486. The van der Waals surface area contributed by atoms with Gasteiger partial charge in [0.25, 0.3) is 0 Å². The van der Waals surface area contributed by atoms with Crippen molar-refractivity contribution in [2.75, 3.05) is 12.3 Å². The Kier molecular flexibility index (Phi) is 5.86. The molecule has 0 unspecified atom stereocenters. The van der Waals surface area contributed by atoms with Crippen LogP contribution < -0.4 is 11.1 Å². The molecule has 0 atom stereocenters. The number of carbonyl (C=O) groups is 1. The van der Waals surface area contributed by atoms with E-state index in [0.717, 1.165) is 22.4 Å². The lowest BCUT2D eigenvalue weighted by Crippen LogP contribution is -2.24. The van der Waals surface area contributed by atoms with Crippen molar-refractivity contribution >= 4 is 22.6 Å². The summed E-state index contributed by atoms with van der Waals surface area (Å²) in [6, 6.07) is 17.2. The maximum absolute atomic E-state index is 11.6. The first-order valence-corrected chi connectivity index (χ1v) is 8.83. The summed E-state index contributed by atoms with van der Waals surface area (Å²) < 4.78 is 5.11. The number of carbonyl (C=O) groups excluding carboxylic acids is 1. The highest BCUT2D eigenvalue weighted by Gasteiger charge is 2.02. The Morgan fingerprint density at radius 1 is 1.15 bits per heavy atom. The second-order valence-corrected chi connectivity index (χ2v) is 6.26. The van der Waals surface area contributed by atoms with Crippen molar-refractivity contribution in [3.63, 3.8) is 0 Å². The number of nitrogen functional groups attached to an aromatic ring is 1. The van der Waals surface area contributed by atoms with Gasteiger partial charge in [0.15, 0.2) is 5.13 Å². The monoisotopic (exact) mass is 363 g/mol. The molecule has 1 amide bonds. The quantitative estimate of drug-likeness (QED) is 0.694. The van der Waals surface area contributed by atoms with E-state index >= 15 is 0 Å². The van der Waals surface area contributed by atoms with Crippen molar-refractivity contribution in [3.8, 4) is 23.1 Å². The summed E-state index contributed by atoms with van der Waals surface area (Å²) in [4.78, 5) is 15.9. The highest BCUT2D eigenvalue weighted by molar-refractivity contribution is 7.13. The molecule has 130 valence electrons. The Balaban J connectivity index is 1.45. The lowest BCUT2D eigenvalue weighted by molar-refractivity contribution is 0.141. The minimum Gasteiger partial charge on any atom is -0.445 e. The Morgan fingerprint density at radius 2 is 1.92 bits per heavy atom. The van der Waals surface area contributed by atoms with Crippen molar-refractivity contribution in [2.24, 2.45) is 0 Å². The normalized spacial score (nSPS) is 9.85. The van der Waals surface area contributed by atoms with Crippen LogP contribution in [0.15, 0.2) is 60.0 Å². The second kappa shape index (κ2) is 8.70. The van der Waals surface area contributed by atoms with Gasteiger partial charge >= 0.3 is 6.09 Å². The number of nitrogens with zero attached hydrogens (tertiary/aromatic N) is 1. The summed E-state index contributed by atoms with van der Waals surface area (Å²) in [5.74, 6) is 5.89. The molecule has 0 spiro atoms. The number of alkyl carbamates (subject to hydrolysis) is 1. The van der Waals surface area contributed by atoms with Gasteiger partial charge in [-0.1, -0.05) is 54.3 Å². The van der Waals surface area contributed by atoms with E-state index in [1.54, 1.807) is 0 Å². The largest absolute Gasteiger partial charge is 0.445 e. The average molecular weight is 363 g/mol. The molecule has 6 heteroatoms. The van der Waals surface area contributed by atoms with Gasteiger partial charge in [0.05, 0.1) is 12.2 Å². The van der Waals surface area contributed by atoms with Gasteiger partial charge in [-0.05, 0) is 17.7 Å². The maximum atomic E-state index is 11.6. The summed E-state index contributed by atoms with van der Waals surface area (Å²) in [5, 5.41) is 5.07. The molecule has 0 fully saturated rings. The second-order valence-electron chi connectivity index (χ2n) is 5.37. The number of amides is 1. The molecule has 3 N–H and O–H groups in total. The molecule has 0 radical (unpaired) electrons. The van der Waals surface area contributed by atoms with Crippen LogP contribution in [0.25, 0.3) is 11.3 Å². The van der Waals surface area contributed by atoms with Gasteiger partial charge in [0.1, 0.15) is 6.61 Å². The minimum absolute atomic E-state index is 0.220. The number of hydrogen-bond acceptors (Lipinski definition) is 5. The number of nitrogens with one attached hydrogen (secondary N) is 1. The van der Waals surface area contributed by atoms with Crippen LogP contribution in [0, 0.1) is 11.8 Å². The van der Waals surface area contributed by atoms with E-state index in [4.69, 9.17) is 10.5 Å². The Morgan fingerprint density at radius 3 is 2.62 bits per heavy atom. The molecular formula is C20H17N3O2S. The zero-order chi connectivity index (χ0) is 18.2. The smallest absolute Gasteiger partial charge is 0.408 e. The molecule has 3 aromatic rings. The fraction of sp³-hybridized carbons (Fsp3) is 0.100. The summed E-state index contributed by atoms with van der Waals surface area (Å²) in [5.41, 5.74) is 9.29. The number of rotatable bonds is 4. The molecule has 0 aliphatic carbocycles. The third kappa shape index (κ3) is 5.10. The van der Waals surface area contributed by atoms with Crippen LogP contribution in [-0.4, -0.2) is 17.6 Å². The Bertz CT molecular complexity index is 925. The molecule has 5 nitrogen and oxygen atoms in total. The number of anilines is 1. The average Bonchev–Trinajstić information content (AvgIpc) is 3.11. The highest BCUT2D eigenvalue weighted by atomic mass is 32.1. The van der Waals surface area contributed by atoms with Crippen molar-refractivity contribution in [2.45, 2.75) is 6.61 Å². The van der Waals surface area contributed by atoms with E-state index in [2.05, 4.69) is 22.1 Å². The number of thiazole rings is 1. The molecule has 0 saturated carbocycles. The first-order valence-electron chi connectivity index (χ1n) is 7.95. The topological polar surface area (TPSA) is 77.2 Å². The number of hydrogen-bond donors (Lipinski definition) is 2. The molecule has 1 aromatic heterocycles. The van der Waals surface area contributed by atoms with E-state index in [9.17, 15) is 4.79 Å². The molecule has 0 aliphatic rings. The van der Waals surface area contributed by atoms with Crippen molar-refractivity contribution < 1.29 is 9.53 Å². The van der Waals surface area contributed by atoms with Gasteiger partial charge in [-0.15, -0.1) is 11.3 Å². The van der Waals surface area contributed by atoms with Crippen LogP contribution >= 0.6 is 11.3 Å². The van der Waals surface area contributed by atoms with Crippen molar-refractivity contribution in [3.05, 3.63) is 71.1 Å². The first-order chi connectivity index (χ1) is 12.7. The third-order valence-electron chi connectivity index (χ3n) is 3.47. The Labute approximate surface area is 155 Å². The summed E-state index contributed by atoms with van der Waals surface area (Å²) in [6.07, 6.45) is -0.486. The first kappa shape index (κ1) is 17.5. The van der Waals surface area contributed by atoms with E-state index < -0.39 is 6.09 Å². The van der Waals surface area contributed by atoms with Crippen LogP contribution in [0.2, 0.25) is 0 Å². The SMILES string of the molecule is Nc1nc(-c2ccc(C#CCNC(=O)OCc3ccccc3)cc2)cs1. The summed E-state index contributed by atoms with van der Waals surface area (Å²) in [6.45, 7) is 0.459. The molecule has 0 bridgehead atoms. The summed E-state index contributed by atoms with van der Waals surface area (Å²) in [7, 11) is 0. The van der Waals surface area contributed by atoms with Gasteiger partial charge < -0.3 is 15.8 Å². The van der Waals surface area contributed by atoms with Crippen LogP contribution in [0.5, 0.6) is 0 Å². The molecule has 0 aliphatic heterocycles. The molecule has 1 heterocycles. The van der Waals surface area contributed by atoms with Crippen LogP contribution in [-0.2, 0) is 11.3 Å². The lowest BCUT2D eigenvalue weighted by Gasteiger charge is -2.04. The predicted octanol–water partition coefficient (Wildman–Crippen LogP) is 3.67. The fourth-order valence-corrected chi connectivity index (χ4v) is 2.75. The zero-order valence-electron chi connectivity index (χ0n) is 13.9. The number of aromatic nitrogens is 1. The van der Waals surface area contributed by atoms with Gasteiger partial charge in [-0.3, -0.25) is 0 Å². The Hall–Kier alpha value is -3.30. The lowest BCUT2D eigenvalue weighted by atomic mass is 10.1. The predicted molar refractivity (Wildman–Crippen MR) is 103 cm³/mol. The van der Waals surface area contributed by atoms with Crippen LogP contribution in [0.4, 0.5) is 9.93 Å². The van der Waals surface area contributed by atoms with Crippen molar-refractivity contribution in [1.29, 1.82) is 0 Å². The highest BCUT2D eigenvalue weighted by Crippen LogP contribution is 2.23.